The van der Waals surface area contributed by atoms with Crippen molar-refractivity contribution >= 4 is 24.0 Å². The number of thiol groups is 1. The summed E-state index contributed by atoms with van der Waals surface area (Å²) in [5.74, 6) is 0.677. The van der Waals surface area contributed by atoms with Crippen molar-refractivity contribution in [3.05, 3.63) is 10.7 Å². The van der Waals surface area contributed by atoms with E-state index >= 15 is 0 Å². The van der Waals surface area contributed by atoms with Crippen molar-refractivity contribution in [2.75, 3.05) is 20.1 Å². The molecule has 0 unspecified atom stereocenters. The summed E-state index contributed by atoms with van der Waals surface area (Å²) in [6.45, 7) is 4.44. The Hall–Kier alpha value is -0.0600. The van der Waals surface area contributed by atoms with Crippen molar-refractivity contribution in [1.29, 1.82) is 0 Å². The zero-order chi connectivity index (χ0) is 10.1. The molecule has 0 saturated carbocycles. The molecule has 0 amide bonds. The Kier molecular flexibility index (Phi) is 3.14. The Bertz CT molecular complexity index is 294. The molecule has 1 aliphatic rings. The summed E-state index contributed by atoms with van der Waals surface area (Å²) in [4.78, 5) is 6.97. The maximum absolute atomic E-state index is 4.58. The highest BCUT2D eigenvalue weighted by Gasteiger charge is 2.21. The average Bonchev–Trinajstić information content (AvgIpc) is 2.48. The zero-order valence-electron chi connectivity index (χ0n) is 8.66. The number of thiazole rings is 1. The maximum atomic E-state index is 4.58. The fraction of sp³-hybridized carbons (Fsp3) is 0.700. The number of likely N-dealkylation sites (tertiary alicyclic amines) is 1. The molecule has 0 radical (unpaired) electrons. The van der Waals surface area contributed by atoms with Gasteiger partial charge in [-0.05, 0) is 39.9 Å². The van der Waals surface area contributed by atoms with Crippen LogP contribution in [-0.4, -0.2) is 30.0 Å². The fourth-order valence-electron chi connectivity index (χ4n) is 1.84. The van der Waals surface area contributed by atoms with Gasteiger partial charge >= 0.3 is 0 Å². The fourth-order valence-corrected chi connectivity index (χ4v) is 3.15. The third kappa shape index (κ3) is 2.12. The lowest BCUT2D eigenvalue weighted by Gasteiger charge is -2.27. The lowest BCUT2D eigenvalue weighted by Crippen LogP contribution is -2.29. The first kappa shape index (κ1) is 10.5. The van der Waals surface area contributed by atoms with E-state index in [-0.39, 0.29) is 0 Å². The molecule has 0 aliphatic carbocycles. The van der Waals surface area contributed by atoms with E-state index in [4.69, 9.17) is 0 Å². The van der Waals surface area contributed by atoms with Gasteiger partial charge in [-0.1, -0.05) is 0 Å². The van der Waals surface area contributed by atoms with Gasteiger partial charge < -0.3 is 4.90 Å². The smallest absolute Gasteiger partial charge is 0.0971 e. The van der Waals surface area contributed by atoms with Crippen molar-refractivity contribution in [2.45, 2.75) is 29.9 Å². The molecule has 0 aromatic carbocycles. The normalized spacial score (nSPS) is 20.2. The van der Waals surface area contributed by atoms with Gasteiger partial charge in [0.2, 0.25) is 0 Å². The summed E-state index contributed by atoms with van der Waals surface area (Å²) < 4.78 is 1.08. The Morgan fingerprint density at radius 2 is 2.07 bits per heavy atom. The van der Waals surface area contributed by atoms with Crippen LogP contribution in [0.3, 0.4) is 0 Å². The van der Waals surface area contributed by atoms with Crippen molar-refractivity contribution < 1.29 is 0 Å². The lowest BCUT2D eigenvalue weighted by molar-refractivity contribution is 0.255. The number of piperidine rings is 1. The monoisotopic (exact) mass is 228 g/mol. The van der Waals surface area contributed by atoms with E-state index in [0.717, 1.165) is 9.90 Å². The number of hydrogen-bond donors (Lipinski definition) is 1. The second-order valence-corrected chi connectivity index (χ2v) is 5.80. The highest BCUT2D eigenvalue weighted by molar-refractivity contribution is 7.82. The first-order valence-corrected chi connectivity index (χ1v) is 6.28. The van der Waals surface area contributed by atoms with Crippen LogP contribution in [0.2, 0.25) is 0 Å². The van der Waals surface area contributed by atoms with Crippen molar-refractivity contribution in [3.63, 3.8) is 0 Å². The minimum atomic E-state index is 0.677. The van der Waals surface area contributed by atoms with Crippen LogP contribution in [0, 0.1) is 6.92 Å². The number of hydrogen-bond acceptors (Lipinski definition) is 4. The number of nitrogens with zero attached hydrogens (tertiary/aromatic N) is 2. The van der Waals surface area contributed by atoms with Gasteiger partial charge in [-0.15, -0.1) is 24.0 Å². The third-order valence-corrected chi connectivity index (χ3v) is 4.58. The summed E-state index contributed by atoms with van der Waals surface area (Å²) in [6.07, 6.45) is 2.49. The second-order valence-electron chi connectivity index (χ2n) is 4.02. The highest BCUT2D eigenvalue weighted by atomic mass is 32.2. The van der Waals surface area contributed by atoms with Gasteiger partial charge in [0.05, 0.1) is 14.9 Å². The average molecular weight is 228 g/mol. The van der Waals surface area contributed by atoms with Crippen LogP contribution in [0.25, 0.3) is 0 Å². The van der Waals surface area contributed by atoms with Crippen LogP contribution in [-0.2, 0) is 0 Å². The molecule has 2 nitrogen and oxygen atoms in total. The van der Waals surface area contributed by atoms with Crippen LogP contribution < -0.4 is 0 Å². The van der Waals surface area contributed by atoms with Gasteiger partial charge in [-0.25, -0.2) is 4.98 Å². The third-order valence-electron chi connectivity index (χ3n) is 2.86. The molecule has 1 aromatic rings. The highest BCUT2D eigenvalue weighted by Crippen LogP contribution is 2.33. The topological polar surface area (TPSA) is 16.1 Å². The number of aromatic nitrogens is 1. The zero-order valence-corrected chi connectivity index (χ0v) is 10.4. The molecule has 0 spiro atoms. The Labute approximate surface area is 94.8 Å². The molecule has 1 fully saturated rings. The quantitative estimate of drug-likeness (QED) is 0.744. The van der Waals surface area contributed by atoms with Crippen LogP contribution in [0.5, 0.6) is 0 Å². The van der Waals surface area contributed by atoms with E-state index in [9.17, 15) is 0 Å². The summed E-state index contributed by atoms with van der Waals surface area (Å²) in [7, 11) is 2.19. The van der Waals surface area contributed by atoms with Crippen molar-refractivity contribution in [3.8, 4) is 0 Å². The van der Waals surface area contributed by atoms with Crippen LogP contribution in [0.4, 0.5) is 0 Å². The molecular formula is C10H16N2S2. The van der Waals surface area contributed by atoms with Crippen molar-refractivity contribution in [2.24, 2.45) is 0 Å². The molecule has 14 heavy (non-hydrogen) atoms. The maximum Gasteiger partial charge on any atom is 0.0971 e. The van der Waals surface area contributed by atoms with E-state index < -0.39 is 0 Å². The first-order valence-electron chi connectivity index (χ1n) is 5.01. The van der Waals surface area contributed by atoms with Gasteiger partial charge in [-0.2, -0.15) is 0 Å². The van der Waals surface area contributed by atoms with Gasteiger partial charge in [0.25, 0.3) is 0 Å². The molecule has 0 atom stereocenters. The van der Waals surface area contributed by atoms with E-state index in [2.05, 4.69) is 29.6 Å². The summed E-state index contributed by atoms with van der Waals surface area (Å²) in [6, 6.07) is 0. The molecule has 1 saturated heterocycles. The number of rotatable bonds is 1. The SMILES string of the molecule is Cc1nc(C2CCN(C)CC2)sc1S. The predicted octanol–water partition coefficient (Wildman–Crippen LogP) is 2.55. The minimum Gasteiger partial charge on any atom is -0.306 e. The largest absolute Gasteiger partial charge is 0.306 e. The van der Waals surface area contributed by atoms with Gasteiger partial charge in [0.1, 0.15) is 0 Å². The molecule has 2 rings (SSSR count). The Morgan fingerprint density at radius 1 is 1.43 bits per heavy atom. The van der Waals surface area contributed by atoms with E-state index in [1.165, 1.54) is 30.9 Å². The molecule has 0 bridgehead atoms. The summed E-state index contributed by atoms with van der Waals surface area (Å²) in [5, 5.41) is 1.29. The summed E-state index contributed by atoms with van der Waals surface area (Å²) >= 11 is 6.16. The summed E-state index contributed by atoms with van der Waals surface area (Å²) in [5.41, 5.74) is 1.09. The molecule has 78 valence electrons. The van der Waals surface area contributed by atoms with E-state index in [0.29, 0.717) is 5.92 Å². The Morgan fingerprint density at radius 3 is 2.57 bits per heavy atom. The standard InChI is InChI=1S/C10H16N2S2/c1-7-10(13)14-9(11-7)8-3-5-12(2)6-4-8/h8,13H,3-6H2,1-2H3. The first-order chi connectivity index (χ1) is 6.66. The predicted molar refractivity (Wildman–Crippen MR) is 63.6 cm³/mol. The van der Waals surface area contributed by atoms with Gasteiger partial charge in [-0.3, -0.25) is 0 Å². The van der Waals surface area contributed by atoms with E-state index in [1.807, 2.05) is 6.92 Å². The lowest BCUT2D eigenvalue weighted by atomic mass is 9.98. The second kappa shape index (κ2) is 4.21. The Balaban J connectivity index is 2.08. The minimum absolute atomic E-state index is 0.677. The molecule has 1 aliphatic heterocycles. The number of aryl methyl sites for hydroxylation is 1. The molecule has 1 aromatic heterocycles. The molecule has 4 heteroatoms. The van der Waals surface area contributed by atoms with Gasteiger partial charge in [0, 0.05) is 5.92 Å². The van der Waals surface area contributed by atoms with Gasteiger partial charge in [0.15, 0.2) is 0 Å². The molecule has 0 N–H and O–H groups in total. The van der Waals surface area contributed by atoms with Crippen molar-refractivity contribution in [1.82, 2.24) is 9.88 Å². The van der Waals surface area contributed by atoms with Crippen LogP contribution in [0.15, 0.2) is 4.21 Å². The van der Waals surface area contributed by atoms with Crippen LogP contribution in [0.1, 0.15) is 29.5 Å². The van der Waals surface area contributed by atoms with E-state index in [1.54, 1.807) is 11.3 Å². The molecule has 2 heterocycles. The van der Waals surface area contributed by atoms with Crippen LogP contribution >= 0.6 is 24.0 Å². The molecular weight excluding hydrogens is 212 g/mol.